The first-order valence-corrected chi connectivity index (χ1v) is 12.0. The maximum absolute atomic E-state index is 13.6. The summed E-state index contributed by atoms with van der Waals surface area (Å²) in [4.78, 5) is 42.4. The van der Waals surface area contributed by atoms with Crippen LogP contribution in [-0.4, -0.2) is 80.6 Å². The van der Waals surface area contributed by atoms with Crippen molar-refractivity contribution >= 4 is 11.8 Å². The van der Waals surface area contributed by atoms with Crippen LogP contribution in [0.1, 0.15) is 29.8 Å². The van der Waals surface area contributed by atoms with Gasteiger partial charge in [-0.2, -0.15) is 0 Å². The van der Waals surface area contributed by atoms with Crippen molar-refractivity contribution in [3.8, 4) is 17.0 Å². The highest BCUT2D eigenvalue weighted by Crippen LogP contribution is 2.30. The molecule has 1 aromatic carbocycles. The smallest absolute Gasteiger partial charge is 0.259 e. The zero-order valence-electron chi connectivity index (χ0n) is 20.7. The van der Waals surface area contributed by atoms with Crippen LogP contribution in [0, 0.1) is 5.92 Å². The Hall–Kier alpha value is -3.85. The number of carbonyl (C=O) groups excluding carboxylic acids is 2. The summed E-state index contributed by atoms with van der Waals surface area (Å²) in [5.74, 6) is -0.205. The lowest BCUT2D eigenvalue weighted by molar-refractivity contribution is -0.130. The molecule has 0 unspecified atom stereocenters. The Morgan fingerprint density at radius 1 is 1.19 bits per heavy atom. The SMILES string of the molecule is C[C@@H]1CN([C@@H](C)CO)C(=O)c2cc(-c3cncnc3)cnc2O[C@H]1CN(C)C(=O)Cc1ccccc1. The van der Waals surface area contributed by atoms with Gasteiger partial charge in [0, 0.05) is 49.2 Å². The molecule has 0 radical (unpaired) electrons. The first-order valence-electron chi connectivity index (χ1n) is 12.0. The number of carbonyl (C=O) groups is 2. The number of aliphatic hydroxyl groups excluding tert-OH is 1. The number of aromatic nitrogens is 3. The van der Waals surface area contributed by atoms with E-state index in [9.17, 15) is 14.7 Å². The lowest BCUT2D eigenvalue weighted by atomic mass is 9.99. The minimum Gasteiger partial charge on any atom is -0.472 e. The Kier molecular flexibility index (Phi) is 7.90. The van der Waals surface area contributed by atoms with Crippen LogP contribution in [0.2, 0.25) is 0 Å². The molecule has 3 aromatic rings. The van der Waals surface area contributed by atoms with Crippen molar-refractivity contribution in [3.05, 3.63) is 72.4 Å². The van der Waals surface area contributed by atoms with Crippen LogP contribution in [-0.2, 0) is 11.2 Å². The van der Waals surface area contributed by atoms with Crippen molar-refractivity contribution in [2.75, 3.05) is 26.7 Å². The Balaban J connectivity index is 1.62. The van der Waals surface area contributed by atoms with E-state index < -0.39 is 12.1 Å². The van der Waals surface area contributed by atoms with Gasteiger partial charge in [0.1, 0.15) is 18.0 Å². The van der Waals surface area contributed by atoms with Gasteiger partial charge in [-0.25, -0.2) is 15.0 Å². The van der Waals surface area contributed by atoms with E-state index in [1.165, 1.54) is 6.33 Å². The van der Waals surface area contributed by atoms with Crippen LogP contribution in [0.25, 0.3) is 11.1 Å². The average Bonchev–Trinajstić information content (AvgIpc) is 2.91. The van der Waals surface area contributed by atoms with E-state index >= 15 is 0 Å². The molecule has 1 aliphatic rings. The number of pyridine rings is 1. The Morgan fingerprint density at radius 2 is 1.92 bits per heavy atom. The van der Waals surface area contributed by atoms with E-state index in [-0.39, 0.29) is 30.2 Å². The van der Waals surface area contributed by atoms with Crippen molar-refractivity contribution in [1.82, 2.24) is 24.8 Å². The number of nitrogens with zero attached hydrogens (tertiary/aromatic N) is 5. The molecule has 0 saturated carbocycles. The van der Waals surface area contributed by atoms with E-state index in [0.29, 0.717) is 30.6 Å². The molecule has 2 amide bonds. The standard InChI is InChI=1S/C27H31N5O4/c1-18-14-32(19(2)16-33)27(35)23-10-21(22-11-28-17-29-12-22)13-30-26(23)36-24(18)15-31(3)25(34)9-20-7-5-4-6-8-20/h4-8,10-13,17-19,24,33H,9,14-16H2,1-3H3/t18-,19+,24+/m1/s1. The Labute approximate surface area is 210 Å². The van der Waals surface area contributed by atoms with Gasteiger partial charge < -0.3 is 19.6 Å². The summed E-state index contributed by atoms with van der Waals surface area (Å²) in [6.07, 6.45) is 6.24. The topological polar surface area (TPSA) is 109 Å². The second-order valence-corrected chi connectivity index (χ2v) is 9.26. The largest absolute Gasteiger partial charge is 0.472 e. The zero-order chi connectivity index (χ0) is 25.7. The molecule has 9 nitrogen and oxygen atoms in total. The van der Waals surface area contributed by atoms with Crippen LogP contribution in [0.15, 0.2) is 61.3 Å². The fourth-order valence-electron chi connectivity index (χ4n) is 4.20. The number of benzene rings is 1. The van der Waals surface area contributed by atoms with Gasteiger partial charge in [-0.15, -0.1) is 0 Å². The Morgan fingerprint density at radius 3 is 2.61 bits per heavy atom. The molecule has 0 fully saturated rings. The first-order chi connectivity index (χ1) is 17.4. The molecule has 0 saturated heterocycles. The summed E-state index contributed by atoms with van der Waals surface area (Å²) in [5.41, 5.74) is 2.65. The third-order valence-electron chi connectivity index (χ3n) is 6.49. The fraction of sp³-hybridized carbons (Fsp3) is 0.370. The molecule has 1 aliphatic heterocycles. The highest BCUT2D eigenvalue weighted by atomic mass is 16.5. The van der Waals surface area contributed by atoms with E-state index in [1.807, 2.05) is 37.3 Å². The molecule has 3 heterocycles. The molecule has 9 heteroatoms. The third kappa shape index (κ3) is 5.68. The van der Waals surface area contributed by atoms with Gasteiger partial charge >= 0.3 is 0 Å². The number of amides is 2. The van der Waals surface area contributed by atoms with E-state index in [1.54, 1.807) is 48.4 Å². The normalized spacial score (nSPS) is 18.4. The summed E-state index contributed by atoms with van der Waals surface area (Å²) >= 11 is 0. The van der Waals surface area contributed by atoms with Crippen molar-refractivity contribution in [2.45, 2.75) is 32.4 Å². The molecule has 3 atom stereocenters. The molecule has 36 heavy (non-hydrogen) atoms. The van der Waals surface area contributed by atoms with Gasteiger partial charge in [-0.05, 0) is 18.6 Å². The molecule has 0 aliphatic carbocycles. The number of rotatable bonds is 7. The minimum atomic E-state index is -0.409. The number of likely N-dealkylation sites (N-methyl/N-ethyl adjacent to an activating group) is 1. The predicted octanol–water partition coefficient (Wildman–Crippen LogP) is 2.46. The van der Waals surface area contributed by atoms with E-state index in [0.717, 1.165) is 11.1 Å². The van der Waals surface area contributed by atoms with Crippen molar-refractivity contribution in [1.29, 1.82) is 0 Å². The quantitative estimate of drug-likeness (QED) is 0.543. The molecule has 1 N–H and O–H groups in total. The summed E-state index contributed by atoms with van der Waals surface area (Å²) in [5, 5.41) is 9.85. The van der Waals surface area contributed by atoms with Crippen LogP contribution < -0.4 is 4.74 Å². The van der Waals surface area contributed by atoms with Crippen LogP contribution in [0.3, 0.4) is 0 Å². The molecule has 0 spiro atoms. The summed E-state index contributed by atoms with van der Waals surface area (Å²) < 4.78 is 6.30. The number of ether oxygens (including phenoxy) is 1. The summed E-state index contributed by atoms with van der Waals surface area (Å²) in [7, 11) is 1.76. The highest BCUT2D eigenvalue weighted by Gasteiger charge is 2.34. The predicted molar refractivity (Wildman–Crippen MR) is 134 cm³/mol. The van der Waals surface area contributed by atoms with Gasteiger partial charge in [0.25, 0.3) is 5.91 Å². The summed E-state index contributed by atoms with van der Waals surface area (Å²) in [6.45, 7) is 4.31. The molecule has 188 valence electrons. The minimum absolute atomic E-state index is 0.0247. The van der Waals surface area contributed by atoms with Gasteiger partial charge in [0.15, 0.2) is 0 Å². The van der Waals surface area contributed by atoms with Crippen LogP contribution in [0.5, 0.6) is 5.88 Å². The molecule has 2 aromatic heterocycles. The van der Waals surface area contributed by atoms with E-state index in [4.69, 9.17) is 4.74 Å². The number of hydrogen-bond donors (Lipinski definition) is 1. The molecule has 0 bridgehead atoms. The van der Waals surface area contributed by atoms with Gasteiger partial charge in [-0.3, -0.25) is 9.59 Å². The molecule has 4 rings (SSSR count). The lowest BCUT2D eigenvalue weighted by Gasteiger charge is -2.37. The average molecular weight is 490 g/mol. The number of aliphatic hydroxyl groups is 1. The van der Waals surface area contributed by atoms with Crippen molar-refractivity contribution in [2.24, 2.45) is 5.92 Å². The highest BCUT2D eigenvalue weighted by molar-refractivity contribution is 5.98. The lowest BCUT2D eigenvalue weighted by Crippen LogP contribution is -2.50. The maximum atomic E-state index is 13.6. The van der Waals surface area contributed by atoms with Gasteiger partial charge in [0.2, 0.25) is 11.8 Å². The maximum Gasteiger partial charge on any atom is 0.259 e. The van der Waals surface area contributed by atoms with Crippen LogP contribution >= 0.6 is 0 Å². The number of fused-ring (bicyclic) bond motifs is 1. The number of hydrogen-bond acceptors (Lipinski definition) is 7. The van der Waals surface area contributed by atoms with E-state index in [2.05, 4.69) is 15.0 Å². The van der Waals surface area contributed by atoms with Gasteiger partial charge in [0.05, 0.1) is 25.6 Å². The Bertz CT molecular complexity index is 1190. The van der Waals surface area contributed by atoms with Crippen molar-refractivity contribution in [3.63, 3.8) is 0 Å². The molecular weight excluding hydrogens is 458 g/mol. The van der Waals surface area contributed by atoms with Gasteiger partial charge in [-0.1, -0.05) is 37.3 Å². The second kappa shape index (κ2) is 11.3. The van der Waals surface area contributed by atoms with Crippen LogP contribution in [0.4, 0.5) is 0 Å². The fourth-order valence-corrected chi connectivity index (χ4v) is 4.20. The first kappa shape index (κ1) is 25.2. The third-order valence-corrected chi connectivity index (χ3v) is 6.49. The molecular formula is C27H31N5O4. The summed E-state index contributed by atoms with van der Waals surface area (Å²) in [6, 6.07) is 10.9. The zero-order valence-corrected chi connectivity index (χ0v) is 20.7. The monoisotopic (exact) mass is 489 g/mol. The van der Waals surface area contributed by atoms with Crippen molar-refractivity contribution < 1.29 is 19.4 Å². The second-order valence-electron chi connectivity index (χ2n) is 9.26.